The number of carbonyl (C=O) groups is 4. The number of nitrogens with zero attached hydrogens (tertiary/aromatic N) is 1. The van der Waals surface area contributed by atoms with E-state index in [4.69, 9.17) is 9.47 Å². The van der Waals surface area contributed by atoms with Crippen LogP contribution >= 0.6 is 0 Å². The van der Waals surface area contributed by atoms with Gasteiger partial charge in [0, 0.05) is 23.7 Å². The summed E-state index contributed by atoms with van der Waals surface area (Å²) in [4.78, 5) is 53.1. The quantitative estimate of drug-likeness (QED) is 0.330. The Morgan fingerprint density at radius 2 is 1.73 bits per heavy atom. The van der Waals surface area contributed by atoms with Gasteiger partial charge in [0.1, 0.15) is 11.3 Å². The number of fused-ring (bicyclic) bond motifs is 1. The van der Waals surface area contributed by atoms with Crippen LogP contribution in [0.3, 0.4) is 0 Å². The van der Waals surface area contributed by atoms with Gasteiger partial charge in [-0.2, -0.15) is 0 Å². The molecule has 0 aliphatic carbocycles. The summed E-state index contributed by atoms with van der Waals surface area (Å²) in [6.07, 6.45) is 0.353. The number of nitrogens with one attached hydrogen (secondary N) is 1. The molecule has 2 fully saturated rings. The second-order valence-corrected chi connectivity index (χ2v) is 10.2. The highest BCUT2D eigenvalue weighted by molar-refractivity contribution is 6.09. The van der Waals surface area contributed by atoms with Gasteiger partial charge >= 0.3 is 5.97 Å². The normalized spacial score (nSPS) is 24.9. The van der Waals surface area contributed by atoms with Crippen LogP contribution in [0.25, 0.3) is 11.1 Å². The molecular weight excluding hydrogens is 472 g/mol. The summed E-state index contributed by atoms with van der Waals surface area (Å²) in [6, 6.07) is 12.3. The maximum Gasteiger partial charge on any atom is 0.326 e. The molecule has 2 heterocycles. The zero-order valence-corrected chi connectivity index (χ0v) is 22.2. The number of carbonyl (C=O) groups excluding carboxylic acids is 4. The smallest absolute Gasteiger partial charge is 0.326 e. The molecule has 2 aliphatic heterocycles. The summed E-state index contributed by atoms with van der Waals surface area (Å²) in [5, 5.41) is 3.40. The Bertz CT molecular complexity index is 1240. The van der Waals surface area contributed by atoms with E-state index in [0.717, 1.165) is 16.7 Å². The van der Waals surface area contributed by atoms with Gasteiger partial charge in [-0.15, -0.1) is 0 Å². The highest BCUT2D eigenvalue weighted by Crippen LogP contribution is 2.51. The summed E-state index contributed by atoms with van der Waals surface area (Å²) in [6.45, 7) is 7.48. The molecule has 0 aromatic heterocycles. The first kappa shape index (κ1) is 26.5. The molecular formula is C29H34N2O6. The van der Waals surface area contributed by atoms with Crippen molar-refractivity contribution in [1.82, 2.24) is 10.2 Å². The summed E-state index contributed by atoms with van der Waals surface area (Å²) in [7, 11) is 2.88. The van der Waals surface area contributed by atoms with Crippen molar-refractivity contribution in [2.24, 2.45) is 17.8 Å². The fraction of sp³-hybridized carbons (Fsp3) is 0.448. The Hall–Kier alpha value is -3.52. The molecule has 2 saturated heterocycles. The van der Waals surface area contributed by atoms with Crippen molar-refractivity contribution in [3.05, 3.63) is 53.6 Å². The third-order valence-electron chi connectivity index (χ3n) is 7.53. The number of rotatable bonds is 8. The number of ketones is 1. The molecule has 4 atom stereocenters. The zero-order valence-electron chi connectivity index (χ0n) is 22.2. The van der Waals surface area contributed by atoms with Crippen molar-refractivity contribution in [1.29, 1.82) is 0 Å². The van der Waals surface area contributed by atoms with E-state index in [0.29, 0.717) is 17.7 Å². The first-order chi connectivity index (χ1) is 17.6. The first-order valence-corrected chi connectivity index (χ1v) is 12.6. The topological polar surface area (TPSA) is 102 Å². The van der Waals surface area contributed by atoms with Gasteiger partial charge in [0.15, 0.2) is 5.78 Å². The minimum Gasteiger partial charge on any atom is -0.496 e. The zero-order chi connectivity index (χ0) is 27.1. The van der Waals surface area contributed by atoms with Crippen LogP contribution in [0.5, 0.6) is 5.75 Å². The highest BCUT2D eigenvalue weighted by atomic mass is 16.5. The van der Waals surface area contributed by atoms with E-state index in [9.17, 15) is 19.2 Å². The van der Waals surface area contributed by atoms with Gasteiger partial charge in [-0.25, -0.2) is 0 Å². The summed E-state index contributed by atoms with van der Waals surface area (Å²) < 4.78 is 10.9. The fourth-order valence-corrected chi connectivity index (χ4v) is 5.97. The maximum atomic E-state index is 13.5. The van der Waals surface area contributed by atoms with Crippen LogP contribution in [-0.4, -0.2) is 54.8 Å². The predicted molar refractivity (Wildman–Crippen MR) is 138 cm³/mol. The average Bonchev–Trinajstić information content (AvgIpc) is 3.35. The molecule has 196 valence electrons. The Kier molecular flexibility index (Phi) is 7.24. The molecule has 8 nitrogen and oxygen atoms in total. The number of benzene rings is 2. The SMILES string of the molecule is CCN1C(=O)[C@H]2[C@@H](c3ccc(-c4ccc(C(C)=O)cc4)c(OC)c3)N[C@@](CC(C)C)(C(=O)OC)[C@H]2C1=O. The lowest BCUT2D eigenvalue weighted by Gasteiger charge is -2.33. The van der Waals surface area contributed by atoms with E-state index >= 15 is 0 Å². The van der Waals surface area contributed by atoms with Crippen LogP contribution in [0.4, 0.5) is 0 Å². The Morgan fingerprint density at radius 3 is 2.27 bits per heavy atom. The van der Waals surface area contributed by atoms with E-state index in [1.807, 2.05) is 44.2 Å². The van der Waals surface area contributed by atoms with Crippen molar-refractivity contribution in [2.75, 3.05) is 20.8 Å². The van der Waals surface area contributed by atoms with E-state index < -0.39 is 29.4 Å². The Balaban J connectivity index is 1.81. The molecule has 2 aliphatic rings. The third kappa shape index (κ3) is 4.33. The average molecular weight is 507 g/mol. The number of esters is 1. The predicted octanol–water partition coefficient (Wildman–Crippen LogP) is 3.79. The molecule has 0 unspecified atom stereocenters. The Labute approximate surface area is 217 Å². The summed E-state index contributed by atoms with van der Waals surface area (Å²) in [5.41, 5.74) is 1.74. The van der Waals surface area contributed by atoms with Gasteiger partial charge in [0.05, 0.1) is 26.1 Å². The third-order valence-corrected chi connectivity index (χ3v) is 7.53. The largest absolute Gasteiger partial charge is 0.496 e. The molecule has 4 rings (SSSR count). The second-order valence-electron chi connectivity index (χ2n) is 10.2. The van der Waals surface area contributed by atoms with Gasteiger partial charge < -0.3 is 9.47 Å². The molecule has 0 saturated carbocycles. The molecule has 1 N–H and O–H groups in total. The molecule has 37 heavy (non-hydrogen) atoms. The first-order valence-electron chi connectivity index (χ1n) is 12.6. The number of methoxy groups -OCH3 is 2. The summed E-state index contributed by atoms with van der Waals surface area (Å²) >= 11 is 0. The molecule has 0 bridgehead atoms. The van der Waals surface area contributed by atoms with Crippen LogP contribution < -0.4 is 10.1 Å². The molecule has 2 aromatic rings. The van der Waals surface area contributed by atoms with Crippen LogP contribution in [0, 0.1) is 17.8 Å². The van der Waals surface area contributed by atoms with Crippen molar-refractivity contribution in [3.8, 4) is 16.9 Å². The lowest BCUT2D eigenvalue weighted by Crippen LogP contribution is -2.57. The van der Waals surface area contributed by atoms with Crippen molar-refractivity contribution in [2.45, 2.75) is 45.7 Å². The second kappa shape index (κ2) is 10.1. The molecule has 8 heteroatoms. The van der Waals surface area contributed by atoms with E-state index in [1.54, 1.807) is 26.2 Å². The molecule has 0 radical (unpaired) electrons. The van der Waals surface area contributed by atoms with E-state index in [1.165, 1.54) is 18.9 Å². The number of hydrogen-bond donors (Lipinski definition) is 1. The standard InChI is InChI=1S/C29H34N2O6/c1-7-31-26(33)23-24(27(31)34)29(15-16(2)3,28(35)37-6)30-25(23)20-12-13-21(22(14-20)36-5)19-10-8-18(9-11-19)17(4)32/h8-14,16,23-25,30H,7,15H2,1-6H3/t23-,24-,25-,29-/m1/s1. The summed E-state index contributed by atoms with van der Waals surface area (Å²) in [5.74, 6) is -2.12. The van der Waals surface area contributed by atoms with Crippen molar-refractivity contribution < 1.29 is 28.7 Å². The highest BCUT2D eigenvalue weighted by Gasteiger charge is 2.68. The van der Waals surface area contributed by atoms with Crippen molar-refractivity contribution >= 4 is 23.6 Å². The Morgan fingerprint density at radius 1 is 1.05 bits per heavy atom. The minimum absolute atomic E-state index is 0.0110. The van der Waals surface area contributed by atoms with Crippen molar-refractivity contribution in [3.63, 3.8) is 0 Å². The monoisotopic (exact) mass is 506 g/mol. The fourth-order valence-electron chi connectivity index (χ4n) is 5.97. The maximum absolute atomic E-state index is 13.5. The van der Waals surface area contributed by atoms with Crippen LogP contribution in [0.2, 0.25) is 0 Å². The minimum atomic E-state index is -1.32. The molecule has 2 amide bonds. The lowest BCUT2D eigenvalue weighted by molar-refractivity contribution is -0.155. The van der Waals surface area contributed by atoms with Gasteiger partial charge in [-0.1, -0.05) is 50.2 Å². The van der Waals surface area contributed by atoms with Crippen LogP contribution in [0.15, 0.2) is 42.5 Å². The number of Topliss-reactive ketones (excluding diaryl/α,β-unsaturated/α-hetero) is 1. The van der Waals surface area contributed by atoms with Crippen LogP contribution in [0.1, 0.15) is 56.1 Å². The van der Waals surface area contributed by atoms with Gasteiger partial charge in [0.25, 0.3) is 0 Å². The molecule has 2 aromatic carbocycles. The van der Waals surface area contributed by atoms with Gasteiger partial charge in [-0.05, 0) is 43.4 Å². The van der Waals surface area contributed by atoms with Gasteiger partial charge in [-0.3, -0.25) is 29.4 Å². The number of ether oxygens (including phenoxy) is 2. The number of hydrogen-bond acceptors (Lipinski definition) is 7. The van der Waals surface area contributed by atoms with Crippen LogP contribution in [-0.2, 0) is 19.1 Å². The van der Waals surface area contributed by atoms with Gasteiger partial charge in [0.2, 0.25) is 11.8 Å². The van der Waals surface area contributed by atoms with E-state index in [2.05, 4.69) is 5.32 Å². The number of amides is 2. The molecule has 0 spiro atoms. The number of likely N-dealkylation sites (tertiary alicyclic amines) is 1. The number of imide groups is 1. The van der Waals surface area contributed by atoms with E-state index in [-0.39, 0.29) is 30.1 Å². The lowest BCUT2D eigenvalue weighted by atomic mass is 9.75.